The molecule has 0 radical (unpaired) electrons. The van der Waals surface area contributed by atoms with Crippen LogP contribution in [-0.2, 0) is 11.2 Å². The van der Waals surface area contributed by atoms with Crippen molar-refractivity contribution in [3.05, 3.63) is 69.5 Å². The SMILES string of the molecule is CCc1ccccc1-n1c(C)cc(/C=C(/C#N)C(=O)Nc2ncc(C)s2)c1C. The number of benzene rings is 1. The number of carbonyl (C=O) groups is 1. The molecule has 0 unspecified atom stereocenters. The number of nitrogens with zero attached hydrogens (tertiary/aromatic N) is 3. The van der Waals surface area contributed by atoms with E-state index in [-0.39, 0.29) is 5.57 Å². The second-order valence-electron chi connectivity index (χ2n) is 6.54. The first kappa shape index (κ1) is 19.6. The number of rotatable bonds is 5. The van der Waals surface area contributed by atoms with Gasteiger partial charge in [-0.2, -0.15) is 5.26 Å². The molecule has 0 aliphatic rings. The van der Waals surface area contributed by atoms with Gasteiger partial charge in [-0.1, -0.05) is 25.1 Å². The summed E-state index contributed by atoms with van der Waals surface area (Å²) in [4.78, 5) is 17.6. The van der Waals surface area contributed by atoms with Gasteiger partial charge in [0.1, 0.15) is 11.6 Å². The lowest BCUT2D eigenvalue weighted by Crippen LogP contribution is -2.13. The molecule has 3 aromatic rings. The van der Waals surface area contributed by atoms with Crippen molar-refractivity contribution in [2.24, 2.45) is 0 Å². The zero-order valence-electron chi connectivity index (χ0n) is 16.4. The van der Waals surface area contributed by atoms with Crippen LogP contribution in [0.5, 0.6) is 0 Å². The second-order valence-corrected chi connectivity index (χ2v) is 7.78. The molecule has 0 atom stereocenters. The third-order valence-electron chi connectivity index (χ3n) is 4.59. The summed E-state index contributed by atoms with van der Waals surface area (Å²) in [5, 5.41) is 12.7. The molecule has 3 rings (SSSR count). The minimum Gasteiger partial charge on any atom is -0.318 e. The average Bonchev–Trinajstić information content (AvgIpc) is 3.21. The Morgan fingerprint density at radius 2 is 2.07 bits per heavy atom. The van der Waals surface area contributed by atoms with Crippen molar-refractivity contribution < 1.29 is 4.79 Å². The Kier molecular flexibility index (Phi) is 5.76. The summed E-state index contributed by atoms with van der Waals surface area (Å²) in [6.45, 7) is 8.08. The van der Waals surface area contributed by atoms with Crippen molar-refractivity contribution in [1.82, 2.24) is 9.55 Å². The van der Waals surface area contributed by atoms with Crippen molar-refractivity contribution in [2.75, 3.05) is 5.32 Å². The average molecular weight is 391 g/mol. The minimum absolute atomic E-state index is 0.0527. The number of hydrogen-bond acceptors (Lipinski definition) is 4. The lowest BCUT2D eigenvalue weighted by molar-refractivity contribution is -0.112. The van der Waals surface area contributed by atoms with E-state index in [9.17, 15) is 10.1 Å². The van der Waals surface area contributed by atoms with E-state index in [0.29, 0.717) is 5.13 Å². The lowest BCUT2D eigenvalue weighted by atomic mass is 10.1. The van der Waals surface area contributed by atoms with Gasteiger partial charge in [-0.3, -0.25) is 10.1 Å². The molecule has 0 saturated heterocycles. The Morgan fingerprint density at radius 3 is 2.71 bits per heavy atom. The van der Waals surface area contributed by atoms with Crippen LogP contribution in [0.1, 0.15) is 34.3 Å². The molecule has 1 N–H and O–H groups in total. The van der Waals surface area contributed by atoms with Crippen molar-refractivity contribution in [3.63, 3.8) is 0 Å². The number of aryl methyl sites for hydroxylation is 3. The number of nitriles is 1. The first-order chi connectivity index (χ1) is 13.4. The van der Waals surface area contributed by atoms with Gasteiger partial charge < -0.3 is 4.57 Å². The number of thiazole rings is 1. The van der Waals surface area contributed by atoms with E-state index in [1.165, 1.54) is 16.9 Å². The molecule has 5 nitrogen and oxygen atoms in total. The third kappa shape index (κ3) is 3.90. The summed E-state index contributed by atoms with van der Waals surface area (Å²) in [5.41, 5.74) is 5.32. The van der Waals surface area contributed by atoms with Crippen molar-refractivity contribution >= 4 is 28.5 Å². The van der Waals surface area contributed by atoms with E-state index in [1.807, 2.05) is 45.0 Å². The van der Waals surface area contributed by atoms with Gasteiger partial charge in [0, 0.05) is 28.1 Å². The number of hydrogen-bond donors (Lipinski definition) is 1. The van der Waals surface area contributed by atoms with E-state index in [2.05, 4.69) is 33.9 Å². The molecule has 0 fully saturated rings. The summed E-state index contributed by atoms with van der Waals surface area (Å²) in [6.07, 6.45) is 4.26. The molecular formula is C22H22N4OS. The summed E-state index contributed by atoms with van der Waals surface area (Å²) >= 11 is 1.38. The summed E-state index contributed by atoms with van der Waals surface area (Å²) in [7, 11) is 0. The number of amides is 1. The van der Waals surface area contributed by atoms with E-state index in [0.717, 1.165) is 33.9 Å². The van der Waals surface area contributed by atoms with Crippen LogP contribution >= 0.6 is 11.3 Å². The first-order valence-corrected chi connectivity index (χ1v) is 9.89. The van der Waals surface area contributed by atoms with Gasteiger partial charge in [-0.05, 0) is 56.5 Å². The Balaban J connectivity index is 1.97. The maximum absolute atomic E-state index is 12.5. The number of aromatic nitrogens is 2. The normalized spacial score (nSPS) is 11.3. The Morgan fingerprint density at radius 1 is 1.32 bits per heavy atom. The number of anilines is 1. The Labute approximate surface area is 169 Å². The van der Waals surface area contributed by atoms with Gasteiger partial charge in [0.15, 0.2) is 5.13 Å². The minimum atomic E-state index is -0.449. The van der Waals surface area contributed by atoms with Crippen molar-refractivity contribution in [3.8, 4) is 11.8 Å². The first-order valence-electron chi connectivity index (χ1n) is 9.07. The summed E-state index contributed by atoms with van der Waals surface area (Å²) < 4.78 is 2.17. The number of nitrogens with one attached hydrogen (secondary N) is 1. The molecule has 0 spiro atoms. The molecule has 0 aliphatic heterocycles. The summed E-state index contributed by atoms with van der Waals surface area (Å²) in [5.74, 6) is -0.449. The predicted molar refractivity (Wildman–Crippen MR) is 114 cm³/mol. The van der Waals surface area contributed by atoms with Crippen LogP contribution in [0.15, 0.2) is 42.1 Å². The van der Waals surface area contributed by atoms with Gasteiger partial charge >= 0.3 is 0 Å². The van der Waals surface area contributed by atoms with Crippen LogP contribution in [0.2, 0.25) is 0 Å². The van der Waals surface area contributed by atoms with Gasteiger partial charge in [0.25, 0.3) is 5.91 Å². The quantitative estimate of drug-likeness (QED) is 0.494. The lowest BCUT2D eigenvalue weighted by Gasteiger charge is -2.14. The van der Waals surface area contributed by atoms with Crippen LogP contribution in [0.3, 0.4) is 0 Å². The van der Waals surface area contributed by atoms with E-state index in [1.54, 1.807) is 12.3 Å². The maximum Gasteiger partial charge on any atom is 0.268 e. The van der Waals surface area contributed by atoms with Crippen LogP contribution in [0, 0.1) is 32.1 Å². The number of carbonyl (C=O) groups excluding carboxylic acids is 1. The fraction of sp³-hybridized carbons (Fsp3) is 0.227. The second kappa shape index (κ2) is 8.24. The molecule has 6 heteroatoms. The number of para-hydroxylation sites is 1. The molecule has 2 heterocycles. The Hall–Kier alpha value is -3.17. The molecular weight excluding hydrogens is 368 g/mol. The molecule has 0 saturated carbocycles. The monoisotopic (exact) mass is 390 g/mol. The van der Waals surface area contributed by atoms with Gasteiger partial charge in [0.2, 0.25) is 0 Å². The fourth-order valence-corrected chi connectivity index (χ4v) is 3.87. The standard InChI is InChI=1S/C22H22N4OS/c1-5-17-8-6-7-9-20(17)26-14(2)10-18(16(26)4)11-19(12-23)21(27)25-22-24-13-15(3)28-22/h6-11,13H,5H2,1-4H3,(H,24,25,27)/b19-11-. The van der Waals surface area contributed by atoms with Gasteiger partial charge in [0.05, 0.1) is 0 Å². The zero-order valence-corrected chi connectivity index (χ0v) is 17.2. The van der Waals surface area contributed by atoms with Crippen LogP contribution < -0.4 is 5.32 Å². The van der Waals surface area contributed by atoms with E-state index >= 15 is 0 Å². The zero-order chi connectivity index (χ0) is 20.3. The smallest absolute Gasteiger partial charge is 0.268 e. The summed E-state index contributed by atoms with van der Waals surface area (Å²) in [6, 6.07) is 12.3. The topological polar surface area (TPSA) is 70.7 Å². The molecule has 142 valence electrons. The third-order valence-corrected chi connectivity index (χ3v) is 5.42. The highest BCUT2D eigenvalue weighted by molar-refractivity contribution is 7.15. The molecule has 28 heavy (non-hydrogen) atoms. The predicted octanol–water partition coefficient (Wildman–Crippen LogP) is 4.97. The van der Waals surface area contributed by atoms with E-state index in [4.69, 9.17) is 0 Å². The molecule has 1 aromatic carbocycles. The Bertz CT molecular complexity index is 1100. The maximum atomic E-state index is 12.5. The van der Waals surface area contributed by atoms with Crippen molar-refractivity contribution in [2.45, 2.75) is 34.1 Å². The molecule has 2 aromatic heterocycles. The molecule has 0 bridgehead atoms. The molecule has 0 aliphatic carbocycles. The molecule has 1 amide bonds. The highest BCUT2D eigenvalue weighted by atomic mass is 32.1. The van der Waals surface area contributed by atoms with Crippen LogP contribution in [0.25, 0.3) is 11.8 Å². The van der Waals surface area contributed by atoms with E-state index < -0.39 is 5.91 Å². The highest BCUT2D eigenvalue weighted by Gasteiger charge is 2.15. The van der Waals surface area contributed by atoms with Gasteiger partial charge in [-0.15, -0.1) is 11.3 Å². The van der Waals surface area contributed by atoms with Crippen LogP contribution in [-0.4, -0.2) is 15.5 Å². The van der Waals surface area contributed by atoms with Crippen LogP contribution in [0.4, 0.5) is 5.13 Å². The fourth-order valence-electron chi connectivity index (χ4n) is 3.21. The van der Waals surface area contributed by atoms with Gasteiger partial charge in [-0.25, -0.2) is 4.98 Å². The highest BCUT2D eigenvalue weighted by Crippen LogP contribution is 2.26. The largest absolute Gasteiger partial charge is 0.318 e. The van der Waals surface area contributed by atoms with Crippen molar-refractivity contribution in [1.29, 1.82) is 5.26 Å².